The van der Waals surface area contributed by atoms with Gasteiger partial charge in [-0.15, -0.1) is 0 Å². The summed E-state index contributed by atoms with van der Waals surface area (Å²) in [6.45, 7) is 6.12. The molecule has 0 aromatic carbocycles. The number of amidine groups is 1. The fourth-order valence-electron chi connectivity index (χ4n) is 2.52. The van der Waals surface area contributed by atoms with E-state index in [1.165, 1.54) is 4.68 Å². The smallest absolute Gasteiger partial charge is 0.259 e. The highest BCUT2D eigenvalue weighted by molar-refractivity contribution is 8.14. The van der Waals surface area contributed by atoms with Gasteiger partial charge in [0.15, 0.2) is 5.17 Å². The van der Waals surface area contributed by atoms with Crippen LogP contribution in [-0.2, 0) is 7.05 Å². The third-order valence-electron chi connectivity index (χ3n) is 3.84. The van der Waals surface area contributed by atoms with Gasteiger partial charge in [-0.25, -0.2) is 0 Å². The Kier molecular flexibility index (Phi) is 3.79. The number of piperazine rings is 1. The van der Waals surface area contributed by atoms with Crippen LogP contribution < -0.4 is 5.73 Å². The maximum absolute atomic E-state index is 12.5. The molecule has 1 amide bonds. The number of hydrogen-bond donors (Lipinski definition) is 1. The number of aliphatic imine (C=N–C) groups is 1. The highest BCUT2D eigenvalue weighted by Gasteiger charge is 2.28. The first kappa shape index (κ1) is 14.2. The Morgan fingerprint density at radius 3 is 2.62 bits per heavy atom. The average Bonchev–Trinajstić information content (AvgIpc) is 3.06. The van der Waals surface area contributed by atoms with Crippen LogP contribution in [-0.4, -0.2) is 68.6 Å². The molecule has 2 aliphatic rings. The van der Waals surface area contributed by atoms with Gasteiger partial charge in [-0.2, -0.15) is 5.10 Å². The number of nitrogens with two attached hydrogens (primary N) is 1. The molecule has 0 radical (unpaired) electrons. The molecule has 0 spiro atoms. The minimum Gasteiger partial charge on any atom is -0.383 e. The van der Waals surface area contributed by atoms with Crippen LogP contribution >= 0.6 is 11.8 Å². The molecule has 0 bridgehead atoms. The van der Waals surface area contributed by atoms with Crippen molar-refractivity contribution in [3.8, 4) is 0 Å². The largest absolute Gasteiger partial charge is 0.383 e. The lowest BCUT2D eigenvalue weighted by Gasteiger charge is -2.35. The van der Waals surface area contributed by atoms with E-state index in [4.69, 9.17) is 5.73 Å². The Morgan fingerprint density at radius 2 is 2.10 bits per heavy atom. The highest BCUT2D eigenvalue weighted by atomic mass is 32.2. The number of carbonyl (C=O) groups excluding carboxylic acids is 1. The molecular weight excluding hydrogens is 288 g/mol. The van der Waals surface area contributed by atoms with Gasteiger partial charge in [0.05, 0.1) is 12.7 Å². The fourth-order valence-corrected chi connectivity index (χ4v) is 3.51. The summed E-state index contributed by atoms with van der Waals surface area (Å²) in [6, 6.07) is 0. The van der Waals surface area contributed by atoms with Crippen LogP contribution in [0.3, 0.4) is 0 Å². The van der Waals surface area contributed by atoms with Gasteiger partial charge >= 0.3 is 0 Å². The van der Waals surface area contributed by atoms with Crippen LogP contribution in [0, 0.1) is 0 Å². The van der Waals surface area contributed by atoms with Crippen molar-refractivity contribution in [2.45, 2.75) is 12.2 Å². The van der Waals surface area contributed by atoms with Crippen LogP contribution in [0.2, 0.25) is 0 Å². The first-order chi connectivity index (χ1) is 10.1. The van der Waals surface area contributed by atoms with Crippen LogP contribution in [0.4, 0.5) is 5.82 Å². The van der Waals surface area contributed by atoms with E-state index in [0.717, 1.165) is 24.8 Å². The van der Waals surface area contributed by atoms with E-state index < -0.39 is 0 Å². The highest BCUT2D eigenvalue weighted by Crippen LogP contribution is 2.24. The molecule has 1 saturated heterocycles. The van der Waals surface area contributed by atoms with Crippen LogP contribution in [0.25, 0.3) is 0 Å². The lowest BCUT2D eigenvalue weighted by atomic mass is 10.2. The van der Waals surface area contributed by atoms with Gasteiger partial charge in [0.25, 0.3) is 5.91 Å². The number of amides is 1. The number of aromatic nitrogens is 2. The second-order valence-corrected chi connectivity index (χ2v) is 6.80. The molecule has 1 unspecified atom stereocenters. The molecule has 2 N–H and O–H groups in total. The maximum Gasteiger partial charge on any atom is 0.259 e. The van der Waals surface area contributed by atoms with Gasteiger partial charge in [-0.3, -0.25) is 14.5 Å². The van der Waals surface area contributed by atoms with Crippen molar-refractivity contribution in [3.63, 3.8) is 0 Å². The Bertz CT molecular complexity index is 575. The molecule has 1 aromatic heterocycles. The quantitative estimate of drug-likeness (QED) is 0.804. The molecule has 0 aliphatic carbocycles. The van der Waals surface area contributed by atoms with Crippen molar-refractivity contribution in [3.05, 3.63) is 11.8 Å². The number of hydrogen-bond acceptors (Lipinski definition) is 6. The van der Waals surface area contributed by atoms with Gasteiger partial charge < -0.3 is 15.5 Å². The molecule has 3 rings (SSSR count). The summed E-state index contributed by atoms with van der Waals surface area (Å²) in [5, 5.41) is 5.72. The lowest BCUT2D eigenvalue weighted by molar-refractivity contribution is 0.0694. The number of thioether (sulfide) groups is 1. The van der Waals surface area contributed by atoms with Crippen molar-refractivity contribution >= 4 is 28.7 Å². The standard InChI is InChI=1S/C13H20N6OS/c1-9-7-15-13(21-9)19-5-3-18(4-6-19)12(20)10-8-16-17(2)11(10)14/h8-9H,3-7,14H2,1-2H3. The molecule has 7 nitrogen and oxygen atoms in total. The average molecular weight is 308 g/mol. The summed E-state index contributed by atoms with van der Waals surface area (Å²) in [7, 11) is 1.74. The molecule has 1 fully saturated rings. The minimum absolute atomic E-state index is 0.0327. The van der Waals surface area contributed by atoms with E-state index >= 15 is 0 Å². The minimum atomic E-state index is -0.0327. The Hall–Kier alpha value is -1.70. The number of nitrogens with zero attached hydrogens (tertiary/aromatic N) is 5. The van der Waals surface area contributed by atoms with Crippen molar-refractivity contribution in [2.75, 3.05) is 38.5 Å². The van der Waals surface area contributed by atoms with Gasteiger partial charge in [0.2, 0.25) is 0 Å². The maximum atomic E-state index is 12.5. The lowest BCUT2D eigenvalue weighted by Crippen LogP contribution is -2.49. The predicted molar refractivity (Wildman–Crippen MR) is 84.5 cm³/mol. The van der Waals surface area contributed by atoms with Crippen LogP contribution in [0.15, 0.2) is 11.2 Å². The first-order valence-electron chi connectivity index (χ1n) is 7.09. The molecule has 0 saturated carbocycles. The Balaban J connectivity index is 1.61. The van der Waals surface area contributed by atoms with E-state index in [1.54, 1.807) is 13.2 Å². The molecule has 114 valence electrons. The van der Waals surface area contributed by atoms with E-state index in [2.05, 4.69) is 21.9 Å². The number of nitrogen functional groups attached to an aromatic ring is 1. The topological polar surface area (TPSA) is 79.8 Å². The summed E-state index contributed by atoms with van der Waals surface area (Å²) in [5.74, 6) is 0.390. The number of anilines is 1. The summed E-state index contributed by atoms with van der Waals surface area (Å²) < 4.78 is 1.52. The van der Waals surface area contributed by atoms with E-state index in [1.807, 2.05) is 16.7 Å². The van der Waals surface area contributed by atoms with Crippen molar-refractivity contribution in [1.29, 1.82) is 0 Å². The van der Waals surface area contributed by atoms with Crippen LogP contribution in [0.5, 0.6) is 0 Å². The van der Waals surface area contributed by atoms with Crippen molar-refractivity contribution in [1.82, 2.24) is 19.6 Å². The normalized spacial score (nSPS) is 22.6. The Morgan fingerprint density at radius 1 is 1.38 bits per heavy atom. The first-order valence-corrected chi connectivity index (χ1v) is 7.97. The second kappa shape index (κ2) is 5.59. The summed E-state index contributed by atoms with van der Waals surface area (Å²) in [6.07, 6.45) is 1.54. The van der Waals surface area contributed by atoms with Crippen LogP contribution in [0.1, 0.15) is 17.3 Å². The zero-order valence-corrected chi connectivity index (χ0v) is 13.1. The molecule has 2 aliphatic heterocycles. The van der Waals surface area contributed by atoms with E-state index in [0.29, 0.717) is 29.7 Å². The SMILES string of the molecule is CC1CN=C(N2CCN(C(=O)c3cnn(C)c3N)CC2)S1. The molecular formula is C13H20N6OS. The van der Waals surface area contributed by atoms with Gasteiger partial charge in [-0.1, -0.05) is 18.7 Å². The summed E-state index contributed by atoms with van der Waals surface area (Å²) in [4.78, 5) is 21.1. The molecule has 3 heterocycles. The van der Waals surface area contributed by atoms with Gasteiger partial charge in [-0.05, 0) is 0 Å². The molecule has 1 aromatic rings. The zero-order valence-electron chi connectivity index (χ0n) is 12.3. The number of carbonyl (C=O) groups is 1. The Labute approximate surface area is 128 Å². The molecule has 21 heavy (non-hydrogen) atoms. The number of aryl methyl sites for hydroxylation is 1. The van der Waals surface area contributed by atoms with Crippen molar-refractivity contribution in [2.24, 2.45) is 12.0 Å². The summed E-state index contributed by atoms with van der Waals surface area (Å²) in [5.41, 5.74) is 6.37. The second-order valence-electron chi connectivity index (χ2n) is 5.40. The van der Waals surface area contributed by atoms with Gasteiger partial charge in [0.1, 0.15) is 11.4 Å². The van der Waals surface area contributed by atoms with Crippen molar-refractivity contribution < 1.29 is 4.79 Å². The predicted octanol–water partition coefficient (Wildman–Crippen LogP) is 0.251. The monoisotopic (exact) mass is 308 g/mol. The van der Waals surface area contributed by atoms with E-state index in [9.17, 15) is 4.79 Å². The zero-order chi connectivity index (χ0) is 15.0. The third kappa shape index (κ3) is 2.72. The summed E-state index contributed by atoms with van der Waals surface area (Å²) >= 11 is 1.82. The fraction of sp³-hybridized carbons (Fsp3) is 0.615. The number of rotatable bonds is 1. The van der Waals surface area contributed by atoms with Gasteiger partial charge in [0, 0.05) is 38.5 Å². The molecule has 1 atom stereocenters. The third-order valence-corrected chi connectivity index (χ3v) is 4.99. The molecule has 8 heteroatoms. The van der Waals surface area contributed by atoms with E-state index in [-0.39, 0.29) is 5.91 Å².